The van der Waals surface area contributed by atoms with E-state index in [9.17, 15) is 0 Å². The zero-order valence-electron chi connectivity index (χ0n) is 13.6. The Morgan fingerprint density at radius 2 is 2.00 bits per heavy atom. The maximum atomic E-state index is 6.05. The average Bonchev–Trinajstić information content (AvgIpc) is 3.13. The van der Waals surface area contributed by atoms with Crippen LogP contribution in [-0.2, 0) is 6.42 Å². The van der Waals surface area contributed by atoms with Gasteiger partial charge < -0.3 is 14.6 Å². The SMILES string of the molecule is C/C(CCc1oc2ccccc2c1-c1ccc(C)o1)=N\NC(N)=S. The highest BCUT2D eigenvalue weighted by Gasteiger charge is 2.18. The monoisotopic (exact) mass is 341 g/mol. The zero-order chi connectivity index (χ0) is 17.1. The van der Waals surface area contributed by atoms with E-state index in [1.54, 1.807) is 0 Å². The van der Waals surface area contributed by atoms with Crippen LogP contribution in [0.1, 0.15) is 24.9 Å². The summed E-state index contributed by atoms with van der Waals surface area (Å²) in [6, 6.07) is 11.9. The van der Waals surface area contributed by atoms with Crippen LogP contribution in [0.5, 0.6) is 0 Å². The first-order valence-corrected chi connectivity index (χ1v) is 8.11. The molecule has 5 nitrogen and oxygen atoms in total. The van der Waals surface area contributed by atoms with E-state index >= 15 is 0 Å². The van der Waals surface area contributed by atoms with E-state index in [4.69, 9.17) is 26.8 Å². The topological polar surface area (TPSA) is 76.7 Å². The Bertz CT molecular complexity index is 908. The lowest BCUT2D eigenvalue weighted by Crippen LogP contribution is -2.25. The molecule has 3 aromatic rings. The average molecular weight is 341 g/mol. The molecule has 3 N–H and O–H groups in total. The Labute approximate surface area is 145 Å². The highest BCUT2D eigenvalue weighted by atomic mass is 32.1. The van der Waals surface area contributed by atoms with Gasteiger partial charge in [-0.05, 0) is 50.7 Å². The van der Waals surface area contributed by atoms with Crippen LogP contribution in [0, 0.1) is 6.92 Å². The number of hydrogen-bond acceptors (Lipinski definition) is 4. The fourth-order valence-corrected chi connectivity index (χ4v) is 2.66. The number of nitrogens with zero attached hydrogens (tertiary/aromatic N) is 1. The van der Waals surface area contributed by atoms with E-state index < -0.39 is 0 Å². The molecule has 0 aliphatic carbocycles. The molecule has 124 valence electrons. The molecule has 1 aromatic carbocycles. The molecule has 0 aliphatic heterocycles. The Balaban J connectivity index is 1.93. The molecule has 0 unspecified atom stereocenters. The molecule has 3 rings (SSSR count). The fraction of sp³-hybridized carbons (Fsp3) is 0.222. The third-order valence-electron chi connectivity index (χ3n) is 3.73. The van der Waals surface area contributed by atoms with Gasteiger partial charge in [-0.1, -0.05) is 18.2 Å². The van der Waals surface area contributed by atoms with Crippen molar-refractivity contribution >= 4 is 34.0 Å². The minimum atomic E-state index is 0.157. The summed E-state index contributed by atoms with van der Waals surface area (Å²) >= 11 is 4.75. The highest BCUT2D eigenvalue weighted by molar-refractivity contribution is 7.80. The summed E-state index contributed by atoms with van der Waals surface area (Å²) in [5.41, 5.74) is 10.7. The van der Waals surface area contributed by atoms with Crippen LogP contribution < -0.4 is 11.2 Å². The molecule has 0 radical (unpaired) electrons. The number of para-hydroxylation sites is 1. The van der Waals surface area contributed by atoms with E-state index in [0.29, 0.717) is 6.42 Å². The second-order valence-corrected chi connectivity index (χ2v) is 6.07. The molecule has 0 aliphatic rings. The Morgan fingerprint density at radius 3 is 2.71 bits per heavy atom. The van der Waals surface area contributed by atoms with Gasteiger partial charge in [0.05, 0.1) is 5.56 Å². The van der Waals surface area contributed by atoms with E-state index in [1.165, 1.54) is 0 Å². The molecular formula is C18H19N3O2S. The molecule has 6 heteroatoms. The largest absolute Gasteiger partial charge is 0.461 e. The van der Waals surface area contributed by atoms with Crippen molar-refractivity contribution in [2.24, 2.45) is 10.8 Å². The van der Waals surface area contributed by atoms with Gasteiger partial charge in [0.2, 0.25) is 0 Å². The van der Waals surface area contributed by atoms with Gasteiger partial charge in [0.25, 0.3) is 0 Å². The van der Waals surface area contributed by atoms with Crippen LogP contribution in [0.3, 0.4) is 0 Å². The zero-order valence-corrected chi connectivity index (χ0v) is 14.4. The smallest absolute Gasteiger partial charge is 0.184 e. The lowest BCUT2D eigenvalue weighted by atomic mass is 10.0. The first-order chi connectivity index (χ1) is 11.5. The van der Waals surface area contributed by atoms with E-state index in [0.717, 1.165) is 45.9 Å². The number of hydrazone groups is 1. The number of hydrogen-bond donors (Lipinski definition) is 2. The Kier molecular flexibility index (Phi) is 4.66. The van der Waals surface area contributed by atoms with Gasteiger partial charge in [-0.2, -0.15) is 5.10 Å². The van der Waals surface area contributed by atoms with Gasteiger partial charge in [-0.25, -0.2) is 0 Å². The summed E-state index contributed by atoms with van der Waals surface area (Å²) in [6.07, 6.45) is 1.43. The summed E-state index contributed by atoms with van der Waals surface area (Å²) < 4.78 is 11.9. The van der Waals surface area contributed by atoms with Gasteiger partial charge in [-0.3, -0.25) is 5.43 Å². The van der Waals surface area contributed by atoms with Gasteiger partial charge in [0, 0.05) is 17.5 Å². The van der Waals surface area contributed by atoms with Crippen molar-refractivity contribution in [1.82, 2.24) is 5.43 Å². The summed E-state index contributed by atoms with van der Waals surface area (Å²) in [6.45, 7) is 3.86. The minimum absolute atomic E-state index is 0.157. The molecule has 0 atom stereocenters. The second kappa shape index (κ2) is 6.88. The molecule has 0 bridgehead atoms. The van der Waals surface area contributed by atoms with Gasteiger partial charge in [0.1, 0.15) is 22.9 Å². The number of fused-ring (bicyclic) bond motifs is 1. The van der Waals surface area contributed by atoms with Crippen molar-refractivity contribution in [2.45, 2.75) is 26.7 Å². The number of rotatable bonds is 5. The third-order valence-corrected chi connectivity index (χ3v) is 3.82. The fourth-order valence-electron chi connectivity index (χ4n) is 2.61. The maximum Gasteiger partial charge on any atom is 0.184 e. The first-order valence-electron chi connectivity index (χ1n) is 7.70. The number of thiocarbonyl (C=S) groups is 1. The normalized spacial score (nSPS) is 11.8. The lowest BCUT2D eigenvalue weighted by Gasteiger charge is -2.02. The third kappa shape index (κ3) is 3.49. The van der Waals surface area contributed by atoms with E-state index in [1.807, 2.05) is 50.2 Å². The molecule has 2 heterocycles. The van der Waals surface area contributed by atoms with Gasteiger partial charge in [-0.15, -0.1) is 0 Å². The number of nitrogens with two attached hydrogens (primary N) is 1. The predicted molar refractivity (Wildman–Crippen MR) is 100 cm³/mol. The van der Waals surface area contributed by atoms with Crippen molar-refractivity contribution in [1.29, 1.82) is 0 Å². The molecule has 0 spiro atoms. The molecule has 24 heavy (non-hydrogen) atoms. The van der Waals surface area contributed by atoms with E-state index in [-0.39, 0.29) is 5.11 Å². The molecule has 0 fully saturated rings. The molecular weight excluding hydrogens is 322 g/mol. The predicted octanol–water partition coefficient (Wildman–Crippen LogP) is 4.14. The van der Waals surface area contributed by atoms with Gasteiger partial charge >= 0.3 is 0 Å². The Hall–Kier alpha value is -2.60. The highest BCUT2D eigenvalue weighted by Crippen LogP contribution is 2.36. The van der Waals surface area contributed by atoms with Crippen molar-refractivity contribution in [3.63, 3.8) is 0 Å². The molecule has 0 amide bonds. The minimum Gasteiger partial charge on any atom is -0.461 e. The standard InChI is InChI=1S/C18H19N3O2S/c1-11(20-21-18(19)24)7-9-16-17(15-10-8-12(2)22-15)13-5-3-4-6-14(13)23-16/h3-6,8,10H,7,9H2,1-2H3,(H3,19,21,24)/b20-11+. The summed E-state index contributed by atoms with van der Waals surface area (Å²) in [5, 5.41) is 5.35. The van der Waals surface area contributed by atoms with Crippen LogP contribution in [-0.4, -0.2) is 10.8 Å². The molecule has 0 saturated carbocycles. The van der Waals surface area contributed by atoms with E-state index in [2.05, 4.69) is 10.5 Å². The first kappa shape index (κ1) is 16.3. The van der Waals surface area contributed by atoms with Crippen molar-refractivity contribution in [2.75, 3.05) is 0 Å². The quantitative estimate of drug-likeness (QED) is 0.414. The second-order valence-electron chi connectivity index (χ2n) is 5.63. The number of nitrogens with one attached hydrogen (secondary N) is 1. The van der Waals surface area contributed by atoms with Crippen LogP contribution in [0.2, 0.25) is 0 Å². The number of benzene rings is 1. The van der Waals surface area contributed by atoms with Crippen LogP contribution in [0.4, 0.5) is 0 Å². The van der Waals surface area contributed by atoms with Crippen LogP contribution in [0.25, 0.3) is 22.3 Å². The van der Waals surface area contributed by atoms with Crippen molar-refractivity contribution < 1.29 is 8.83 Å². The maximum absolute atomic E-state index is 6.05. The van der Waals surface area contributed by atoms with Crippen molar-refractivity contribution in [3.8, 4) is 11.3 Å². The lowest BCUT2D eigenvalue weighted by molar-refractivity contribution is 0.532. The Morgan fingerprint density at radius 1 is 1.21 bits per heavy atom. The summed E-state index contributed by atoms with van der Waals surface area (Å²) in [7, 11) is 0. The van der Waals surface area contributed by atoms with Crippen LogP contribution >= 0.6 is 12.2 Å². The molecule has 2 aromatic heterocycles. The molecule has 0 saturated heterocycles. The summed E-state index contributed by atoms with van der Waals surface area (Å²) in [4.78, 5) is 0. The van der Waals surface area contributed by atoms with Crippen LogP contribution in [0.15, 0.2) is 50.3 Å². The number of furan rings is 2. The number of aryl methyl sites for hydroxylation is 2. The van der Waals surface area contributed by atoms with Crippen molar-refractivity contribution in [3.05, 3.63) is 47.9 Å². The summed E-state index contributed by atoms with van der Waals surface area (Å²) in [5.74, 6) is 2.58. The van der Waals surface area contributed by atoms with Gasteiger partial charge in [0.15, 0.2) is 5.11 Å².